The van der Waals surface area contributed by atoms with E-state index in [2.05, 4.69) is 4.98 Å². The Morgan fingerprint density at radius 3 is 2.64 bits per heavy atom. The number of thiazole rings is 1. The number of ether oxygens (including phenoxy) is 2. The van der Waals surface area contributed by atoms with Crippen molar-refractivity contribution in [1.82, 2.24) is 4.98 Å². The summed E-state index contributed by atoms with van der Waals surface area (Å²) in [5, 5.41) is 10.1. The van der Waals surface area contributed by atoms with Gasteiger partial charge in [-0.15, -0.1) is 11.3 Å². The second-order valence-corrected chi connectivity index (χ2v) is 6.35. The van der Waals surface area contributed by atoms with Crippen molar-refractivity contribution in [3.63, 3.8) is 0 Å². The van der Waals surface area contributed by atoms with Gasteiger partial charge in [0.2, 0.25) is 0 Å². The molecule has 1 aliphatic rings. The van der Waals surface area contributed by atoms with Gasteiger partial charge in [-0.25, -0.2) is 9.78 Å². The molecule has 22 heavy (non-hydrogen) atoms. The summed E-state index contributed by atoms with van der Waals surface area (Å²) in [6.45, 7) is 0. The van der Waals surface area contributed by atoms with Gasteiger partial charge in [0, 0.05) is 12.3 Å². The van der Waals surface area contributed by atoms with Gasteiger partial charge in [-0.2, -0.15) is 0 Å². The first-order chi connectivity index (χ1) is 10.6. The molecule has 1 fully saturated rings. The fraction of sp³-hybridized carbons (Fsp3) is 0.375. The Kier molecular flexibility index (Phi) is 4.02. The zero-order chi connectivity index (χ0) is 15.7. The van der Waals surface area contributed by atoms with Crippen LogP contribution in [0.4, 0.5) is 0 Å². The number of aromatic nitrogens is 1. The molecule has 1 aliphatic carbocycles. The van der Waals surface area contributed by atoms with Crippen molar-refractivity contribution in [1.29, 1.82) is 0 Å². The molecule has 5 nitrogen and oxygen atoms in total. The van der Waals surface area contributed by atoms with Crippen molar-refractivity contribution in [2.45, 2.75) is 25.2 Å². The topological polar surface area (TPSA) is 68.7 Å². The van der Waals surface area contributed by atoms with E-state index in [1.807, 2.05) is 18.2 Å². The van der Waals surface area contributed by atoms with E-state index in [9.17, 15) is 9.90 Å². The molecule has 0 aliphatic heterocycles. The number of benzene rings is 1. The zero-order valence-electron chi connectivity index (χ0n) is 12.5. The third kappa shape index (κ3) is 2.92. The van der Waals surface area contributed by atoms with E-state index in [0.717, 1.165) is 29.1 Å². The molecule has 2 aromatic rings. The van der Waals surface area contributed by atoms with Gasteiger partial charge < -0.3 is 14.6 Å². The number of nitrogens with zero attached hydrogens (tertiary/aromatic N) is 1. The molecule has 1 heterocycles. The second kappa shape index (κ2) is 5.96. The zero-order valence-corrected chi connectivity index (χ0v) is 13.3. The van der Waals surface area contributed by atoms with Gasteiger partial charge in [0.05, 0.1) is 24.9 Å². The van der Waals surface area contributed by atoms with Crippen molar-refractivity contribution in [3.8, 4) is 11.5 Å². The summed E-state index contributed by atoms with van der Waals surface area (Å²) in [6.07, 6.45) is 2.68. The molecule has 116 valence electrons. The minimum Gasteiger partial charge on any atom is -0.493 e. The van der Waals surface area contributed by atoms with Crippen molar-refractivity contribution in [3.05, 3.63) is 39.3 Å². The second-order valence-electron chi connectivity index (χ2n) is 5.27. The Bertz CT molecular complexity index is 706. The molecule has 1 aromatic heterocycles. The highest BCUT2D eigenvalue weighted by Gasteiger charge is 2.32. The molecule has 0 bridgehead atoms. The van der Waals surface area contributed by atoms with Crippen LogP contribution in [0.3, 0.4) is 0 Å². The molecule has 3 rings (SSSR count). The average molecular weight is 319 g/mol. The number of aromatic carboxylic acids is 1. The molecule has 0 unspecified atom stereocenters. The summed E-state index contributed by atoms with van der Waals surface area (Å²) in [4.78, 5) is 16.3. The first-order valence-corrected chi connectivity index (χ1v) is 7.87. The van der Waals surface area contributed by atoms with Crippen LogP contribution in [-0.4, -0.2) is 30.3 Å². The van der Waals surface area contributed by atoms with E-state index in [1.165, 1.54) is 11.3 Å². The summed E-state index contributed by atoms with van der Waals surface area (Å²) in [5.41, 5.74) is 1.78. The largest absolute Gasteiger partial charge is 0.493 e. The summed E-state index contributed by atoms with van der Waals surface area (Å²) in [5.74, 6) is 0.798. The fourth-order valence-corrected chi connectivity index (χ4v) is 3.43. The van der Waals surface area contributed by atoms with Crippen LogP contribution in [0, 0.1) is 0 Å². The van der Waals surface area contributed by atoms with Crippen LogP contribution >= 0.6 is 11.3 Å². The predicted octanol–water partition coefficient (Wildman–Crippen LogP) is 3.33. The van der Waals surface area contributed by atoms with Gasteiger partial charge >= 0.3 is 5.97 Å². The summed E-state index contributed by atoms with van der Waals surface area (Å²) < 4.78 is 10.5. The first kappa shape index (κ1) is 14.8. The number of carboxylic acid groups (broad SMARTS) is 1. The molecule has 1 saturated carbocycles. The quantitative estimate of drug-likeness (QED) is 0.884. The van der Waals surface area contributed by atoms with E-state index in [4.69, 9.17) is 9.47 Å². The van der Waals surface area contributed by atoms with Gasteiger partial charge in [0.25, 0.3) is 0 Å². The molecular formula is C16H17NO4S. The third-order valence-corrected chi connectivity index (χ3v) is 4.72. The maximum Gasteiger partial charge on any atom is 0.347 e. The van der Waals surface area contributed by atoms with Crippen LogP contribution in [0.5, 0.6) is 11.5 Å². The van der Waals surface area contributed by atoms with E-state index in [0.29, 0.717) is 28.7 Å². The van der Waals surface area contributed by atoms with Crippen molar-refractivity contribution in [2.75, 3.05) is 14.2 Å². The number of hydrogen-bond donors (Lipinski definition) is 1. The van der Waals surface area contributed by atoms with Gasteiger partial charge in [0.15, 0.2) is 11.5 Å². The highest BCUT2D eigenvalue weighted by atomic mass is 32.1. The van der Waals surface area contributed by atoms with E-state index < -0.39 is 5.97 Å². The van der Waals surface area contributed by atoms with Crippen LogP contribution in [0.2, 0.25) is 0 Å². The van der Waals surface area contributed by atoms with Crippen molar-refractivity contribution >= 4 is 17.3 Å². The lowest BCUT2D eigenvalue weighted by Crippen LogP contribution is -1.97. The van der Waals surface area contributed by atoms with Crippen molar-refractivity contribution < 1.29 is 19.4 Å². The number of methoxy groups -OCH3 is 2. The molecule has 0 saturated heterocycles. The maximum atomic E-state index is 11.3. The molecule has 0 radical (unpaired) electrons. The molecule has 1 aromatic carbocycles. The Hall–Kier alpha value is -2.08. The highest BCUT2D eigenvalue weighted by Crippen LogP contribution is 2.43. The number of carbonyl (C=O) groups is 1. The third-order valence-electron chi connectivity index (χ3n) is 3.66. The van der Waals surface area contributed by atoms with E-state index in [-0.39, 0.29) is 0 Å². The van der Waals surface area contributed by atoms with Gasteiger partial charge in [0.1, 0.15) is 4.88 Å². The molecular weight excluding hydrogens is 302 g/mol. The lowest BCUT2D eigenvalue weighted by Gasteiger charge is -2.08. The van der Waals surface area contributed by atoms with Crippen LogP contribution in [0.1, 0.15) is 44.7 Å². The number of rotatable bonds is 6. The smallest absolute Gasteiger partial charge is 0.347 e. The Morgan fingerprint density at radius 2 is 2.05 bits per heavy atom. The maximum absolute atomic E-state index is 11.3. The van der Waals surface area contributed by atoms with Crippen LogP contribution in [0.25, 0.3) is 0 Å². The summed E-state index contributed by atoms with van der Waals surface area (Å²) >= 11 is 1.27. The van der Waals surface area contributed by atoms with Gasteiger partial charge in [-0.1, -0.05) is 6.07 Å². The Morgan fingerprint density at radius 1 is 1.32 bits per heavy atom. The Labute approximate surface area is 132 Å². The first-order valence-electron chi connectivity index (χ1n) is 7.06. The van der Waals surface area contributed by atoms with E-state index in [1.54, 1.807) is 14.2 Å². The van der Waals surface area contributed by atoms with Gasteiger partial charge in [-0.3, -0.25) is 0 Å². The lowest BCUT2D eigenvalue weighted by atomic mass is 10.1. The van der Waals surface area contributed by atoms with E-state index >= 15 is 0 Å². The minimum atomic E-state index is -0.877. The number of hydrogen-bond acceptors (Lipinski definition) is 5. The van der Waals surface area contributed by atoms with Crippen LogP contribution in [-0.2, 0) is 6.42 Å². The van der Waals surface area contributed by atoms with Gasteiger partial charge in [-0.05, 0) is 30.5 Å². The normalized spacial score (nSPS) is 13.9. The monoisotopic (exact) mass is 319 g/mol. The molecule has 1 N–H and O–H groups in total. The number of carboxylic acids is 1. The average Bonchev–Trinajstić information content (AvgIpc) is 3.27. The van der Waals surface area contributed by atoms with Crippen LogP contribution < -0.4 is 9.47 Å². The summed E-state index contributed by atoms with van der Waals surface area (Å²) in [7, 11) is 3.19. The minimum absolute atomic E-state index is 0.335. The SMILES string of the molecule is COc1ccc(Cc2nc(C3CC3)c(C(=O)O)s2)cc1OC. The van der Waals surface area contributed by atoms with Crippen molar-refractivity contribution in [2.24, 2.45) is 0 Å². The summed E-state index contributed by atoms with van der Waals surface area (Å²) in [6, 6.07) is 5.69. The Balaban J connectivity index is 1.87. The molecule has 0 atom stereocenters. The predicted molar refractivity (Wildman–Crippen MR) is 83.4 cm³/mol. The van der Waals surface area contributed by atoms with Crippen LogP contribution in [0.15, 0.2) is 18.2 Å². The standard InChI is InChI=1S/C16H17NO4S/c1-20-11-6-3-9(7-12(11)21-2)8-13-17-14(10-4-5-10)15(22-13)16(18)19/h3,6-7,10H,4-5,8H2,1-2H3,(H,18,19). The highest BCUT2D eigenvalue weighted by molar-refractivity contribution is 7.13. The molecule has 6 heteroatoms. The fourth-order valence-electron chi connectivity index (χ4n) is 2.41. The lowest BCUT2D eigenvalue weighted by molar-refractivity contribution is 0.0700. The molecule has 0 amide bonds. The molecule has 0 spiro atoms.